The van der Waals surface area contributed by atoms with Gasteiger partial charge in [0.1, 0.15) is 5.75 Å². The van der Waals surface area contributed by atoms with E-state index >= 15 is 0 Å². The van der Waals surface area contributed by atoms with E-state index in [0.717, 1.165) is 60.3 Å². The zero-order valence-electron chi connectivity index (χ0n) is 15.7. The van der Waals surface area contributed by atoms with E-state index in [1.165, 1.54) is 11.8 Å². The van der Waals surface area contributed by atoms with E-state index in [-0.39, 0.29) is 5.56 Å². The summed E-state index contributed by atoms with van der Waals surface area (Å²) in [5.74, 6) is 0.794. The summed E-state index contributed by atoms with van der Waals surface area (Å²) in [5, 5.41) is 0.922. The van der Waals surface area contributed by atoms with Crippen LogP contribution in [0.1, 0.15) is 6.42 Å². The Balaban J connectivity index is 1.27. The van der Waals surface area contributed by atoms with Crippen molar-refractivity contribution in [2.24, 2.45) is 0 Å². The molecule has 146 valence electrons. The standard InChI is InChI=1S/C22H24BrN3O2/c23-19-8-9-20-18(7-10-21(27)24-20)22(19)28-16-4-11-25-12-14-26(15-13-25)17-5-2-1-3-6-17/h1-3,5-10H,4,11-16H2,(H,24,27). The van der Waals surface area contributed by atoms with Crippen molar-refractivity contribution in [3.8, 4) is 5.75 Å². The van der Waals surface area contributed by atoms with Gasteiger partial charge in [0.25, 0.3) is 0 Å². The fourth-order valence-corrected chi connectivity index (χ4v) is 4.12. The highest BCUT2D eigenvalue weighted by molar-refractivity contribution is 9.10. The SMILES string of the molecule is O=c1ccc2c(OCCCN3CCN(c4ccccc4)CC3)c(Br)ccc2[nH]1. The van der Waals surface area contributed by atoms with E-state index in [0.29, 0.717) is 6.61 Å². The summed E-state index contributed by atoms with van der Waals surface area (Å²) < 4.78 is 6.97. The first-order valence-electron chi connectivity index (χ1n) is 9.67. The maximum atomic E-state index is 11.5. The summed E-state index contributed by atoms with van der Waals surface area (Å²) in [6.07, 6.45) is 0.970. The molecule has 2 heterocycles. The predicted octanol–water partition coefficient (Wildman–Crippen LogP) is 3.88. The Bertz CT molecular complexity index is 982. The molecule has 2 aromatic carbocycles. The maximum Gasteiger partial charge on any atom is 0.248 e. The van der Waals surface area contributed by atoms with Crippen LogP contribution in [0.5, 0.6) is 5.75 Å². The second kappa shape index (κ2) is 8.80. The molecule has 0 unspecified atom stereocenters. The Morgan fingerprint density at radius 1 is 0.964 bits per heavy atom. The Kier molecular flexibility index (Phi) is 5.98. The summed E-state index contributed by atoms with van der Waals surface area (Å²) >= 11 is 3.56. The molecule has 28 heavy (non-hydrogen) atoms. The second-order valence-electron chi connectivity index (χ2n) is 7.03. The van der Waals surface area contributed by atoms with Crippen molar-refractivity contribution in [3.05, 3.63) is 69.4 Å². The molecule has 0 aliphatic carbocycles. The molecule has 1 N–H and O–H groups in total. The van der Waals surface area contributed by atoms with Crippen LogP contribution < -0.4 is 15.2 Å². The number of pyridine rings is 1. The van der Waals surface area contributed by atoms with Gasteiger partial charge in [-0.2, -0.15) is 0 Å². The number of nitrogens with zero attached hydrogens (tertiary/aromatic N) is 2. The molecule has 1 saturated heterocycles. The average molecular weight is 442 g/mol. The number of ether oxygens (including phenoxy) is 1. The number of benzene rings is 2. The van der Waals surface area contributed by atoms with Crippen molar-refractivity contribution in [1.82, 2.24) is 9.88 Å². The van der Waals surface area contributed by atoms with Gasteiger partial charge in [-0.1, -0.05) is 18.2 Å². The van der Waals surface area contributed by atoms with Crippen LogP contribution in [0.25, 0.3) is 10.9 Å². The first-order valence-corrected chi connectivity index (χ1v) is 10.5. The molecule has 0 amide bonds. The normalized spacial score (nSPS) is 15.1. The zero-order chi connectivity index (χ0) is 19.3. The Morgan fingerprint density at radius 3 is 2.54 bits per heavy atom. The van der Waals surface area contributed by atoms with Gasteiger partial charge in [-0.15, -0.1) is 0 Å². The minimum Gasteiger partial charge on any atom is -0.492 e. The number of anilines is 1. The molecule has 6 heteroatoms. The van der Waals surface area contributed by atoms with Crippen molar-refractivity contribution in [3.63, 3.8) is 0 Å². The van der Waals surface area contributed by atoms with Gasteiger partial charge in [-0.05, 0) is 52.7 Å². The number of hydrogen-bond donors (Lipinski definition) is 1. The minimum atomic E-state index is -0.101. The second-order valence-corrected chi connectivity index (χ2v) is 7.88. The predicted molar refractivity (Wildman–Crippen MR) is 117 cm³/mol. The van der Waals surface area contributed by atoms with E-state index in [4.69, 9.17) is 4.74 Å². The number of para-hydroxylation sites is 1. The third-order valence-electron chi connectivity index (χ3n) is 5.17. The number of H-pyrrole nitrogens is 1. The molecule has 1 aliphatic heterocycles. The number of halogens is 1. The largest absolute Gasteiger partial charge is 0.492 e. The number of rotatable bonds is 6. The van der Waals surface area contributed by atoms with Gasteiger partial charge in [-0.3, -0.25) is 9.69 Å². The molecule has 0 saturated carbocycles. The highest BCUT2D eigenvalue weighted by Gasteiger charge is 2.16. The molecule has 0 atom stereocenters. The number of nitrogens with one attached hydrogen (secondary N) is 1. The van der Waals surface area contributed by atoms with Crippen molar-refractivity contribution in [1.29, 1.82) is 0 Å². The van der Waals surface area contributed by atoms with Crippen LogP contribution in [0.3, 0.4) is 0 Å². The summed E-state index contributed by atoms with van der Waals surface area (Å²) in [4.78, 5) is 19.3. The van der Waals surface area contributed by atoms with E-state index in [1.54, 1.807) is 0 Å². The molecule has 1 fully saturated rings. The Morgan fingerprint density at radius 2 is 1.75 bits per heavy atom. The van der Waals surface area contributed by atoms with Gasteiger partial charge in [0, 0.05) is 49.9 Å². The number of aromatic nitrogens is 1. The quantitative estimate of drug-likeness (QED) is 0.589. The lowest BCUT2D eigenvalue weighted by Crippen LogP contribution is -2.46. The highest BCUT2D eigenvalue weighted by Crippen LogP contribution is 2.32. The van der Waals surface area contributed by atoms with Gasteiger partial charge >= 0.3 is 0 Å². The molecule has 1 aromatic heterocycles. The summed E-state index contributed by atoms with van der Waals surface area (Å²) in [5.41, 5.74) is 2.00. The highest BCUT2D eigenvalue weighted by atomic mass is 79.9. The fourth-order valence-electron chi connectivity index (χ4n) is 3.66. The van der Waals surface area contributed by atoms with Crippen LogP contribution in [0.15, 0.2) is 63.9 Å². The van der Waals surface area contributed by atoms with E-state index in [2.05, 4.69) is 61.0 Å². The minimum absolute atomic E-state index is 0.101. The number of piperazine rings is 1. The van der Waals surface area contributed by atoms with E-state index < -0.39 is 0 Å². The topological polar surface area (TPSA) is 48.6 Å². The van der Waals surface area contributed by atoms with Crippen molar-refractivity contribution < 1.29 is 4.74 Å². The third-order valence-corrected chi connectivity index (χ3v) is 5.79. The number of fused-ring (bicyclic) bond motifs is 1. The molecule has 3 aromatic rings. The van der Waals surface area contributed by atoms with Crippen LogP contribution in [0, 0.1) is 0 Å². The Hall–Kier alpha value is -2.31. The van der Waals surface area contributed by atoms with Crippen molar-refractivity contribution in [2.75, 3.05) is 44.2 Å². The van der Waals surface area contributed by atoms with Gasteiger partial charge in [0.05, 0.1) is 16.6 Å². The number of aromatic amines is 1. The average Bonchev–Trinajstić information content (AvgIpc) is 2.73. The molecule has 0 radical (unpaired) electrons. The van der Waals surface area contributed by atoms with Gasteiger partial charge < -0.3 is 14.6 Å². The molecule has 0 bridgehead atoms. The monoisotopic (exact) mass is 441 g/mol. The van der Waals surface area contributed by atoms with Crippen LogP contribution >= 0.6 is 15.9 Å². The van der Waals surface area contributed by atoms with E-state index in [9.17, 15) is 4.79 Å². The molecular weight excluding hydrogens is 418 g/mol. The molecule has 1 aliphatic rings. The molecule has 4 rings (SSSR count). The number of hydrogen-bond acceptors (Lipinski definition) is 4. The fraction of sp³-hybridized carbons (Fsp3) is 0.318. The molecule has 0 spiro atoms. The lowest BCUT2D eigenvalue weighted by atomic mass is 10.2. The third kappa shape index (κ3) is 4.39. The van der Waals surface area contributed by atoms with Gasteiger partial charge in [0.15, 0.2) is 0 Å². The smallest absolute Gasteiger partial charge is 0.248 e. The maximum absolute atomic E-state index is 11.5. The Labute approximate surface area is 173 Å². The summed E-state index contributed by atoms with van der Waals surface area (Å²) in [6, 6.07) is 17.8. The van der Waals surface area contributed by atoms with Crippen LogP contribution in [0.2, 0.25) is 0 Å². The zero-order valence-corrected chi connectivity index (χ0v) is 17.3. The van der Waals surface area contributed by atoms with Crippen molar-refractivity contribution in [2.45, 2.75) is 6.42 Å². The first-order chi connectivity index (χ1) is 13.7. The van der Waals surface area contributed by atoms with Crippen molar-refractivity contribution >= 4 is 32.5 Å². The van der Waals surface area contributed by atoms with Crippen LogP contribution in [-0.4, -0.2) is 49.2 Å². The van der Waals surface area contributed by atoms with E-state index in [1.807, 2.05) is 18.2 Å². The summed E-state index contributed by atoms with van der Waals surface area (Å²) in [7, 11) is 0. The molecular formula is C22H24BrN3O2. The van der Waals surface area contributed by atoms with Gasteiger partial charge in [0.2, 0.25) is 5.56 Å². The lowest BCUT2D eigenvalue weighted by Gasteiger charge is -2.36. The molecule has 5 nitrogen and oxygen atoms in total. The lowest BCUT2D eigenvalue weighted by molar-refractivity contribution is 0.225. The van der Waals surface area contributed by atoms with Gasteiger partial charge in [-0.25, -0.2) is 0 Å². The summed E-state index contributed by atoms with van der Waals surface area (Å²) in [6.45, 7) is 5.96. The van der Waals surface area contributed by atoms with Crippen LogP contribution in [0.4, 0.5) is 5.69 Å². The van der Waals surface area contributed by atoms with Crippen LogP contribution in [-0.2, 0) is 0 Å². The first kappa shape index (κ1) is 19.0.